The average molecular weight is 364 g/mol. The molecule has 8 heteroatoms. The Bertz CT molecular complexity index is 660. The second kappa shape index (κ2) is 8.55. The molecule has 1 saturated heterocycles. The highest BCUT2D eigenvalue weighted by Crippen LogP contribution is 2.28. The molecule has 1 aliphatic heterocycles. The maximum atomic E-state index is 12.2. The van der Waals surface area contributed by atoms with E-state index in [0.29, 0.717) is 37.7 Å². The first-order chi connectivity index (χ1) is 12.2. The number of piperidine rings is 1. The molecule has 0 spiro atoms. The summed E-state index contributed by atoms with van der Waals surface area (Å²) in [5, 5.41) is 12.3. The molecule has 2 N–H and O–H groups in total. The van der Waals surface area contributed by atoms with Gasteiger partial charge in [-0.15, -0.1) is 11.3 Å². The summed E-state index contributed by atoms with van der Waals surface area (Å²) in [5.74, 6) is 1.08. The number of rotatable bonds is 8. The van der Waals surface area contributed by atoms with Gasteiger partial charge >= 0.3 is 0 Å². The van der Waals surface area contributed by atoms with Crippen molar-refractivity contribution in [2.75, 3.05) is 33.4 Å². The van der Waals surface area contributed by atoms with Gasteiger partial charge in [0.1, 0.15) is 0 Å². The quantitative estimate of drug-likeness (QED) is 0.743. The number of ether oxygens (including phenoxy) is 1. The van der Waals surface area contributed by atoms with Gasteiger partial charge in [0.05, 0.1) is 11.5 Å². The Labute approximate surface area is 151 Å². The van der Waals surface area contributed by atoms with Crippen LogP contribution in [0.1, 0.15) is 25.2 Å². The van der Waals surface area contributed by atoms with Gasteiger partial charge in [-0.05, 0) is 37.4 Å². The maximum Gasteiger partial charge on any atom is 0.227 e. The lowest BCUT2D eigenvalue weighted by Gasteiger charge is -2.37. The van der Waals surface area contributed by atoms with Gasteiger partial charge in [-0.1, -0.05) is 11.2 Å². The summed E-state index contributed by atoms with van der Waals surface area (Å²) in [6.45, 7) is 3.24. The number of hydrogen-bond donors (Lipinski definition) is 2. The number of aromatic nitrogens is 2. The molecule has 0 unspecified atom stereocenters. The summed E-state index contributed by atoms with van der Waals surface area (Å²) in [6.07, 6.45) is 2.81. The zero-order valence-electron chi connectivity index (χ0n) is 14.4. The smallest absolute Gasteiger partial charge is 0.227 e. The minimum absolute atomic E-state index is 0.00452. The van der Waals surface area contributed by atoms with Crippen molar-refractivity contribution in [3.8, 4) is 10.7 Å². The largest absolute Gasteiger partial charge is 0.384 e. The number of carbonyl (C=O) groups is 1. The number of nitrogens with zero attached hydrogens (tertiary/aromatic N) is 2. The summed E-state index contributed by atoms with van der Waals surface area (Å²) < 4.78 is 10.6. The van der Waals surface area contributed by atoms with Gasteiger partial charge in [0.25, 0.3) is 0 Å². The maximum absolute atomic E-state index is 12.2. The first kappa shape index (κ1) is 18.0. The number of thiophene rings is 1. The standard InChI is InChI=1S/C17H24N4O3S/c1-23-12-17(6-8-18-9-7-17)11-19-14(22)4-5-15-20-16(21-24-15)13-3-2-10-25-13/h2-3,10,18H,4-9,11-12H2,1H3,(H,19,22). The Morgan fingerprint density at radius 3 is 3.04 bits per heavy atom. The van der Waals surface area contributed by atoms with E-state index in [1.165, 1.54) is 0 Å². The number of hydrogen-bond acceptors (Lipinski definition) is 7. The van der Waals surface area contributed by atoms with Crippen molar-refractivity contribution >= 4 is 17.2 Å². The monoisotopic (exact) mass is 364 g/mol. The highest BCUT2D eigenvalue weighted by atomic mass is 32.1. The third kappa shape index (κ3) is 4.87. The number of aryl methyl sites for hydroxylation is 1. The van der Waals surface area contributed by atoms with Crippen molar-refractivity contribution in [2.45, 2.75) is 25.7 Å². The fraction of sp³-hybridized carbons (Fsp3) is 0.588. The first-order valence-electron chi connectivity index (χ1n) is 8.54. The molecular weight excluding hydrogens is 340 g/mol. The van der Waals surface area contributed by atoms with Crippen LogP contribution in [-0.2, 0) is 16.0 Å². The van der Waals surface area contributed by atoms with Gasteiger partial charge in [0, 0.05) is 31.9 Å². The Morgan fingerprint density at radius 2 is 2.32 bits per heavy atom. The second-order valence-corrected chi connectivity index (χ2v) is 7.40. The van der Waals surface area contributed by atoms with E-state index in [9.17, 15) is 4.79 Å². The van der Waals surface area contributed by atoms with E-state index < -0.39 is 0 Å². The van der Waals surface area contributed by atoms with Crippen LogP contribution < -0.4 is 10.6 Å². The van der Waals surface area contributed by atoms with E-state index in [1.54, 1.807) is 18.4 Å². The van der Waals surface area contributed by atoms with Crippen molar-refractivity contribution < 1.29 is 14.1 Å². The Kier molecular flexibility index (Phi) is 6.17. The van der Waals surface area contributed by atoms with E-state index >= 15 is 0 Å². The lowest BCUT2D eigenvalue weighted by molar-refractivity contribution is -0.122. The predicted octanol–water partition coefficient (Wildman–Crippen LogP) is 1.86. The average Bonchev–Trinajstić information content (AvgIpc) is 3.30. The van der Waals surface area contributed by atoms with Crippen LogP contribution in [0.3, 0.4) is 0 Å². The van der Waals surface area contributed by atoms with Crippen LogP contribution in [0.15, 0.2) is 22.0 Å². The molecule has 1 fully saturated rings. The Morgan fingerprint density at radius 1 is 1.48 bits per heavy atom. The molecule has 2 aromatic rings. The lowest BCUT2D eigenvalue weighted by Crippen LogP contribution is -2.47. The summed E-state index contributed by atoms with van der Waals surface area (Å²) >= 11 is 1.56. The van der Waals surface area contributed by atoms with E-state index in [4.69, 9.17) is 9.26 Å². The highest BCUT2D eigenvalue weighted by molar-refractivity contribution is 7.13. The summed E-state index contributed by atoms with van der Waals surface area (Å²) in [5.41, 5.74) is 0.0342. The van der Waals surface area contributed by atoms with Gasteiger partial charge in [-0.2, -0.15) is 4.98 Å². The van der Waals surface area contributed by atoms with E-state index in [-0.39, 0.29) is 11.3 Å². The Balaban J connectivity index is 1.46. The van der Waals surface area contributed by atoms with Gasteiger partial charge in [-0.3, -0.25) is 4.79 Å². The normalized spacial score (nSPS) is 16.7. The number of nitrogens with one attached hydrogen (secondary N) is 2. The topological polar surface area (TPSA) is 89.3 Å². The molecule has 136 valence electrons. The van der Waals surface area contributed by atoms with Crippen LogP contribution >= 0.6 is 11.3 Å². The van der Waals surface area contributed by atoms with Crippen LogP contribution in [0, 0.1) is 5.41 Å². The molecule has 3 heterocycles. The minimum atomic E-state index is 0.00452. The second-order valence-electron chi connectivity index (χ2n) is 6.45. The molecule has 1 aliphatic rings. The van der Waals surface area contributed by atoms with E-state index in [2.05, 4.69) is 20.8 Å². The van der Waals surface area contributed by atoms with E-state index in [1.807, 2.05) is 17.5 Å². The Hall–Kier alpha value is -1.77. The first-order valence-corrected chi connectivity index (χ1v) is 9.42. The summed E-state index contributed by atoms with van der Waals surface area (Å²) in [4.78, 5) is 17.5. The molecule has 0 saturated carbocycles. The van der Waals surface area contributed by atoms with Crippen LogP contribution in [0.2, 0.25) is 0 Å². The molecule has 2 aromatic heterocycles. The lowest BCUT2D eigenvalue weighted by atomic mass is 9.79. The fourth-order valence-electron chi connectivity index (χ4n) is 3.09. The molecule has 25 heavy (non-hydrogen) atoms. The van der Waals surface area contributed by atoms with Crippen LogP contribution in [0.25, 0.3) is 10.7 Å². The van der Waals surface area contributed by atoms with Crippen molar-refractivity contribution in [1.29, 1.82) is 0 Å². The van der Waals surface area contributed by atoms with E-state index in [0.717, 1.165) is 30.8 Å². The molecule has 1 amide bonds. The molecule has 3 rings (SSSR count). The minimum Gasteiger partial charge on any atom is -0.384 e. The van der Waals surface area contributed by atoms with Crippen molar-refractivity contribution in [3.05, 3.63) is 23.4 Å². The van der Waals surface area contributed by atoms with Gasteiger partial charge < -0.3 is 19.9 Å². The van der Waals surface area contributed by atoms with Crippen LogP contribution in [0.5, 0.6) is 0 Å². The highest BCUT2D eigenvalue weighted by Gasteiger charge is 2.32. The summed E-state index contributed by atoms with van der Waals surface area (Å²) in [7, 11) is 1.71. The number of methoxy groups -OCH3 is 1. The zero-order chi connectivity index (χ0) is 17.5. The fourth-order valence-corrected chi connectivity index (χ4v) is 3.74. The summed E-state index contributed by atoms with van der Waals surface area (Å²) in [6, 6.07) is 3.89. The van der Waals surface area contributed by atoms with Crippen LogP contribution in [0.4, 0.5) is 0 Å². The SMILES string of the molecule is COCC1(CNC(=O)CCc2nc(-c3cccs3)no2)CCNCC1. The third-order valence-electron chi connectivity index (χ3n) is 4.55. The van der Waals surface area contributed by atoms with Crippen molar-refractivity contribution in [1.82, 2.24) is 20.8 Å². The van der Waals surface area contributed by atoms with Crippen molar-refractivity contribution in [2.24, 2.45) is 5.41 Å². The predicted molar refractivity (Wildman–Crippen MR) is 95.4 cm³/mol. The van der Waals surface area contributed by atoms with Gasteiger partial charge in [0.15, 0.2) is 0 Å². The van der Waals surface area contributed by atoms with Gasteiger partial charge in [0.2, 0.25) is 17.6 Å². The zero-order valence-corrected chi connectivity index (χ0v) is 15.2. The molecule has 7 nitrogen and oxygen atoms in total. The molecular formula is C17H24N4O3S. The van der Waals surface area contributed by atoms with Crippen LogP contribution in [-0.4, -0.2) is 49.4 Å². The molecule has 0 aliphatic carbocycles. The van der Waals surface area contributed by atoms with Crippen molar-refractivity contribution in [3.63, 3.8) is 0 Å². The molecule has 0 bridgehead atoms. The number of amides is 1. The third-order valence-corrected chi connectivity index (χ3v) is 5.42. The van der Waals surface area contributed by atoms with Gasteiger partial charge in [-0.25, -0.2) is 0 Å². The molecule has 0 atom stereocenters. The molecule has 0 radical (unpaired) electrons. The molecule has 0 aromatic carbocycles. The number of carbonyl (C=O) groups excluding carboxylic acids is 1.